The van der Waals surface area contributed by atoms with Crippen molar-refractivity contribution in [2.45, 2.75) is 18.4 Å². The summed E-state index contributed by atoms with van der Waals surface area (Å²) in [5.74, 6) is -0.671. The molecule has 0 aliphatic heterocycles. The molecule has 0 atom stereocenters. The number of rotatable bonds is 4. The molecule has 1 aromatic heterocycles. The van der Waals surface area contributed by atoms with Crippen LogP contribution in [0.3, 0.4) is 0 Å². The number of sulfonamides is 1. The predicted octanol–water partition coefficient (Wildman–Crippen LogP) is 3.25. The average Bonchev–Trinajstić information content (AvgIpc) is 2.75. The van der Waals surface area contributed by atoms with Gasteiger partial charge in [-0.3, -0.25) is 4.72 Å². The van der Waals surface area contributed by atoms with Gasteiger partial charge in [-0.25, -0.2) is 12.8 Å². The van der Waals surface area contributed by atoms with Crippen molar-refractivity contribution in [3.63, 3.8) is 0 Å². The van der Waals surface area contributed by atoms with Gasteiger partial charge in [0.15, 0.2) is 0 Å². The fourth-order valence-corrected chi connectivity index (χ4v) is 4.81. The number of aryl methyl sites for hydroxylation is 1. The number of aliphatic hydroxyl groups excluding tert-OH is 1. The van der Waals surface area contributed by atoms with Crippen LogP contribution in [-0.2, 0) is 16.6 Å². The summed E-state index contributed by atoms with van der Waals surface area (Å²) in [7, 11) is -3.94. The first-order valence-corrected chi connectivity index (χ1v) is 8.66. The minimum atomic E-state index is -3.94. The first kappa shape index (κ1) is 15.4. The Bertz CT molecular complexity index is 743. The zero-order chi connectivity index (χ0) is 14.9. The van der Waals surface area contributed by atoms with Gasteiger partial charge in [-0.2, -0.15) is 0 Å². The van der Waals surface area contributed by atoms with E-state index in [-0.39, 0.29) is 17.2 Å². The van der Waals surface area contributed by atoms with Crippen molar-refractivity contribution in [3.05, 3.63) is 44.3 Å². The van der Waals surface area contributed by atoms with Crippen LogP contribution in [0, 0.1) is 12.7 Å². The van der Waals surface area contributed by atoms with Gasteiger partial charge in [0.2, 0.25) is 0 Å². The molecule has 0 saturated heterocycles. The van der Waals surface area contributed by atoms with Gasteiger partial charge < -0.3 is 5.11 Å². The van der Waals surface area contributed by atoms with Crippen molar-refractivity contribution in [1.82, 2.24) is 0 Å². The lowest BCUT2D eigenvalue weighted by Crippen LogP contribution is -2.15. The Kier molecular flexibility index (Phi) is 4.48. The smallest absolute Gasteiger partial charge is 0.263 e. The second kappa shape index (κ2) is 5.80. The third-order valence-corrected chi connectivity index (χ3v) is 5.88. The fourth-order valence-electron chi connectivity index (χ4n) is 1.73. The van der Waals surface area contributed by atoms with E-state index < -0.39 is 15.8 Å². The van der Waals surface area contributed by atoms with E-state index in [0.29, 0.717) is 14.9 Å². The van der Waals surface area contributed by atoms with Crippen molar-refractivity contribution in [2.24, 2.45) is 0 Å². The van der Waals surface area contributed by atoms with E-state index in [2.05, 4.69) is 20.7 Å². The van der Waals surface area contributed by atoms with Crippen LogP contribution >= 0.6 is 27.3 Å². The molecule has 0 aliphatic carbocycles. The third kappa shape index (κ3) is 3.03. The number of aliphatic hydroxyl groups is 1. The zero-order valence-electron chi connectivity index (χ0n) is 10.4. The maximum Gasteiger partial charge on any atom is 0.263 e. The molecular formula is C12H11BrFNO3S2. The lowest BCUT2D eigenvalue weighted by atomic mass is 10.3. The SMILES string of the molecule is Cc1csc(CO)c1S(=O)(=O)Nc1cc(Br)ccc1F. The summed E-state index contributed by atoms with van der Waals surface area (Å²) >= 11 is 4.30. The van der Waals surface area contributed by atoms with E-state index in [1.54, 1.807) is 12.3 Å². The van der Waals surface area contributed by atoms with Crippen LogP contribution in [0.2, 0.25) is 0 Å². The Morgan fingerprint density at radius 1 is 1.45 bits per heavy atom. The fraction of sp³-hybridized carbons (Fsp3) is 0.167. The largest absolute Gasteiger partial charge is 0.391 e. The molecule has 0 spiro atoms. The number of anilines is 1. The number of hydrogen-bond donors (Lipinski definition) is 2. The maximum absolute atomic E-state index is 13.6. The zero-order valence-corrected chi connectivity index (χ0v) is 13.6. The van der Waals surface area contributed by atoms with Crippen molar-refractivity contribution in [2.75, 3.05) is 4.72 Å². The number of hydrogen-bond acceptors (Lipinski definition) is 4. The molecule has 0 saturated carbocycles. The minimum Gasteiger partial charge on any atom is -0.391 e. The monoisotopic (exact) mass is 379 g/mol. The Morgan fingerprint density at radius 3 is 2.80 bits per heavy atom. The maximum atomic E-state index is 13.6. The quantitative estimate of drug-likeness (QED) is 0.856. The molecule has 4 nitrogen and oxygen atoms in total. The highest BCUT2D eigenvalue weighted by Crippen LogP contribution is 2.30. The molecule has 2 aromatic rings. The molecule has 108 valence electrons. The van der Waals surface area contributed by atoms with E-state index in [9.17, 15) is 17.9 Å². The predicted molar refractivity (Wildman–Crippen MR) is 79.9 cm³/mol. The number of benzene rings is 1. The van der Waals surface area contributed by atoms with Crippen LogP contribution in [0.4, 0.5) is 10.1 Å². The van der Waals surface area contributed by atoms with Crippen LogP contribution in [0.15, 0.2) is 32.9 Å². The topological polar surface area (TPSA) is 66.4 Å². The molecule has 1 aromatic carbocycles. The molecule has 1 heterocycles. The highest BCUT2D eigenvalue weighted by Gasteiger charge is 2.23. The van der Waals surface area contributed by atoms with Gasteiger partial charge in [-0.1, -0.05) is 15.9 Å². The lowest BCUT2D eigenvalue weighted by Gasteiger charge is -2.10. The first-order valence-electron chi connectivity index (χ1n) is 5.51. The average molecular weight is 380 g/mol. The molecule has 0 amide bonds. The third-order valence-electron chi connectivity index (χ3n) is 2.57. The molecule has 0 unspecified atom stereocenters. The van der Waals surface area contributed by atoms with Crippen LogP contribution in [0.1, 0.15) is 10.4 Å². The van der Waals surface area contributed by atoms with Crippen LogP contribution in [-0.4, -0.2) is 13.5 Å². The summed E-state index contributed by atoms with van der Waals surface area (Å²) in [6.07, 6.45) is 0. The summed E-state index contributed by atoms with van der Waals surface area (Å²) in [6, 6.07) is 3.98. The van der Waals surface area contributed by atoms with Gasteiger partial charge in [0.25, 0.3) is 10.0 Å². The Balaban J connectivity index is 2.46. The summed E-state index contributed by atoms with van der Waals surface area (Å²) < 4.78 is 41.1. The molecule has 2 N–H and O–H groups in total. The van der Waals surface area contributed by atoms with E-state index >= 15 is 0 Å². The number of thiophene rings is 1. The minimum absolute atomic E-state index is 0.00405. The molecule has 2 rings (SSSR count). The molecule has 8 heteroatoms. The summed E-state index contributed by atoms with van der Waals surface area (Å²) in [5, 5.41) is 10.8. The van der Waals surface area contributed by atoms with Crippen molar-refractivity contribution in [1.29, 1.82) is 0 Å². The van der Waals surface area contributed by atoms with E-state index in [1.165, 1.54) is 12.1 Å². The number of nitrogens with one attached hydrogen (secondary N) is 1. The van der Waals surface area contributed by atoms with Gasteiger partial charge in [0, 0.05) is 4.47 Å². The summed E-state index contributed by atoms with van der Waals surface area (Å²) in [4.78, 5) is 0.329. The van der Waals surface area contributed by atoms with Crippen LogP contribution < -0.4 is 4.72 Å². The normalized spacial score (nSPS) is 11.6. The second-order valence-electron chi connectivity index (χ2n) is 4.06. The van der Waals surface area contributed by atoms with Gasteiger partial charge in [-0.05, 0) is 36.1 Å². The van der Waals surface area contributed by atoms with Crippen molar-refractivity contribution < 1.29 is 17.9 Å². The standard InChI is InChI=1S/C12H11BrFNO3S2/c1-7-6-19-11(5-16)12(7)20(17,18)15-10-4-8(13)2-3-9(10)14/h2-4,6,15-16H,5H2,1H3. The van der Waals surface area contributed by atoms with E-state index in [4.69, 9.17) is 0 Å². The van der Waals surface area contributed by atoms with Gasteiger partial charge >= 0.3 is 0 Å². The molecular weight excluding hydrogens is 369 g/mol. The van der Waals surface area contributed by atoms with Crippen molar-refractivity contribution in [3.8, 4) is 0 Å². The van der Waals surface area contributed by atoms with E-state index in [0.717, 1.165) is 17.4 Å². The Hall–Kier alpha value is -0.960. The highest BCUT2D eigenvalue weighted by atomic mass is 79.9. The van der Waals surface area contributed by atoms with Crippen molar-refractivity contribution >= 4 is 43.0 Å². The van der Waals surface area contributed by atoms with E-state index in [1.807, 2.05) is 0 Å². The Morgan fingerprint density at radius 2 is 2.15 bits per heavy atom. The number of halogens is 2. The summed E-state index contributed by atoms with van der Waals surface area (Å²) in [5.41, 5.74) is 0.371. The summed E-state index contributed by atoms with van der Waals surface area (Å²) in [6.45, 7) is 1.25. The van der Waals surface area contributed by atoms with Crippen LogP contribution in [0.25, 0.3) is 0 Å². The molecule has 0 radical (unpaired) electrons. The first-order chi connectivity index (χ1) is 9.35. The van der Waals surface area contributed by atoms with Gasteiger partial charge in [0.1, 0.15) is 10.7 Å². The molecule has 0 fully saturated rings. The Labute approximate surface area is 128 Å². The lowest BCUT2D eigenvalue weighted by molar-refractivity contribution is 0.282. The molecule has 0 bridgehead atoms. The second-order valence-corrected chi connectivity index (χ2v) is 7.56. The van der Waals surface area contributed by atoms with Gasteiger partial charge in [-0.15, -0.1) is 11.3 Å². The molecule has 20 heavy (non-hydrogen) atoms. The van der Waals surface area contributed by atoms with Crippen LogP contribution in [0.5, 0.6) is 0 Å². The van der Waals surface area contributed by atoms with Gasteiger partial charge in [0.05, 0.1) is 17.2 Å². The molecule has 0 aliphatic rings. The highest BCUT2D eigenvalue weighted by molar-refractivity contribution is 9.10.